The SMILES string of the molecule is COc1cc(=O)n(C)cc1C(=O)N1CC(N2CCN(C(C)C)CC2)C1. The van der Waals surface area contributed by atoms with Gasteiger partial charge in [-0.1, -0.05) is 0 Å². The van der Waals surface area contributed by atoms with Gasteiger partial charge in [-0.2, -0.15) is 0 Å². The van der Waals surface area contributed by atoms with Crippen LogP contribution in [0.5, 0.6) is 5.75 Å². The molecule has 3 rings (SSSR count). The number of aromatic nitrogens is 1. The van der Waals surface area contributed by atoms with Crippen LogP contribution in [0.25, 0.3) is 0 Å². The third kappa shape index (κ3) is 3.57. The van der Waals surface area contributed by atoms with Crippen LogP contribution in [0.4, 0.5) is 0 Å². The number of hydrogen-bond donors (Lipinski definition) is 0. The number of carbonyl (C=O) groups is 1. The molecule has 0 atom stereocenters. The zero-order valence-corrected chi connectivity index (χ0v) is 15.6. The van der Waals surface area contributed by atoms with Crippen molar-refractivity contribution < 1.29 is 9.53 Å². The lowest BCUT2D eigenvalue weighted by atomic mass is 10.0. The van der Waals surface area contributed by atoms with E-state index in [1.165, 1.54) is 17.7 Å². The summed E-state index contributed by atoms with van der Waals surface area (Å²) in [4.78, 5) is 31.3. The molecule has 2 aliphatic heterocycles. The summed E-state index contributed by atoms with van der Waals surface area (Å²) >= 11 is 0. The third-order valence-electron chi connectivity index (χ3n) is 5.39. The van der Waals surface area contributed by atoms with E-state index in [9.17, 15) is 9.59 Å². The number of nitrogens with zero attached hydrogens (tertiary/aromatic N) is 4. The number of hydrogen-bond acceptors (Lipinski definition) is 5. The maximum Gasteiger partial charge on any atom is 0.259 e. The molecule has 0 N–H and O–H groups in total. The Balaban J connectivity index is 1.59. The van der Waals surface area contributed by atoms with Crippen molar-refractivity contribution in [2.24, 2.45) is 7.05 Å². The molecule has 2 saturated heterocycles. The fourth-order valence-corrected chi connectivity index (χ4v) is 3.58. The second-order valence-electron chi connectivity index (χ2n) is 7.23. The van der Waals surface area contributed by atoms with Gasteiger partial charge in [-0.3, -0.25) is 19.4 Å². The first-order chi connectivity index (χ1) is 11.9. The quantitative estimate of drug-likeness (QED) is 0.780. The summed E-state index contributed by atoms with van der Waals surface area (Å²) in [5.41, 5.74) is 0.269. The highest BCUT2D eigenvalue weighted by Gasteiger charge is 2.37. The Kier molecular flexibility index (Phi) is 5.15. The first-order valence-corrected chi connectivity index (χ1v) is 8.92. The molecule has 25 heavy (non-hydrogen) atoms. The van der Waals surface area contributed by atoms with Gasteiger partial charge in [-0.25, -0.2) is 0 Å². The first kappa shape index (κ1) is 17.9. The summed E-state index contributed by atoms with van der Waals surface area (Å²) in [7, 11) is 3.13. The fourth-order valence-electron chi connectivity index (χ4n) is 3.58. The first-order valence-electron chi connectivity index (χ1n) is 8.92. The Morgan fingerprint density at radius 1 is 1.20 bits per heavy atom. The number of pyridine rings is 1. The van der Waals surface area contributed by atoms with E-state index in [-0.39, 0.29) is 11.5 Å². The fraction of sp³-hybridized carbons (Fsp3) is 0.667. The Hall–Kier alpha value is -1.86. The van der Waals surface area contributed by atoms with E-state index in [0.717, 1.165) is 39.3 Å². The zero-order valence-electron chi connectivity index (χ0n) is 15.6. The maximum absolute atomic E-state index is 12.7. The Labute approximate surface area is 148 Å². The Morgan fingerprint density at radius 2 is 1.84 bits per heavy atom. The molecule has 0 radical (unpaired) electrons. The molecule has 2 fully saturated rings. The minimum absolute atomic E-state index is 0.0653. The monoisotopic (exact) mass is 348 g/mol. The molecule has 7 heteroatoms. The van der Waals surface area contributed by atoms with Crippen molar-refractivity contribution in [1.29, 1.82) is 0 Å². The molecule has 7 nitrogen and oxygen atoms in total. The highest BCUT2D eigenvalue weighted by atomic mass is 16.5. The minimum atomic E-state index is -0.182. The van der Waals surface area contributed by atoms with E-state index >= 15 is 0 Å². The van der Waals surface area contributed by atoms with Crippen LogP contribution < -0.4 is 10.3 Å². The normalized spacial score (nSPS) is 20.0. The molecule has 0 aliphatic carbocycles. The smallest absolute Gasteiger partial charge is 0.259 e. The van der Waals surface area contributed by atoms with Crippen LogP contribution in [-0.2, 0) is 7.05 Å². The van der Waals surface area contributed by atoms with Gasteiger partial charge in [0.2, 0.25) is 0 Å². The van der Waals surface area contributed by atoms with Crippen molar-refractivity contribution in [2.45, 2.75) is 25.9 Å². The molecular formula is C18H28N4O3. The van der Waals surface area contributed by atoms with E-state index in [4.69, 9.17) is 4.74 Å². The summed E-state index contributed by atoms with van der Waals surface area (Å²) in [5.74, 6) is 0.284. The molecule has 2 aliphatic rings. The van der Waals surface area contributed by atoms with Gasteiger partial charge in [-0.05, 0) is 13.8 Å². The van der Waals surface area contributed by atoms with Gasteiger partial charge in [0.25, 0.3) is 11.5 Å². The van der Waals surface area contributed by atoms with Crippen LogP contribution in [0.15, 0.2) is 17.1 Å². The Morgan fingerprint density at radius 3 is 2.40 bits per heavy atom. The molecule has 0 spiro atoms. The van der Waals surface area contributed by atoms with Gasteiger partial charge in [0, 0.05) is 70.7 Å². The molecule has 0 saturated carbocycles. The summed E-state index contributed by atoms with van der Waals surface area (Å²) in [6.07, 6.45) is 1.57. The summed E-state index contributed by atoms with van der Waals surface area (Å²) < 4.78 is 6.64. The molecule has 0 aromatic carbocycles. The van der Waals surface area contributed by atoms with Crippen molar-refractivity contribution in [1.82, 2.24) is 19.3 Å². The molecule has 0 unspecified atom stereocenters. The van der Waals surface area contributed by atoms with Crippen molar-refractivity contribution in [3.8, 4) is 5.75 Å². The second-order valence-corrected chi connectivity index (χ2v) is 7.23. The molecule has 1 aromatic heterocycles. The van der Waals surface area contributed by atoms with Crippen LogP contribution in [0.3, 0.4) is 0 Å². The standard InChI is InChI=1S/C18H28N4O3/c1-13(2)20-5-7-21(8-6-20)14-10-22(11-14)18(24)15-12-19(3)17(23)9-16(15)25-4/h9,12-14H,5-8,10-11H2,1-4H3. The summed E-state index contributed by atoms with van der Waals surface area (Å²) in [6, 6.07) is 2.41. The van der Waals surface area contributed by atoms with E-state index in [0.29, 0.717) is 23.4 Å². The van der Waals surface area contributed by atoms with E-state index in [1.807, 2.05) is 4.90 Å². The second kappa shape index (κ2) is 7.17. The van der Waals surface area contributed by atoms with Gasteiger partial charge in [0.15, 0.2) is 0 Å². The van der Waals surface area contributed by atoms with Gasteiger partial charge in [-0.15, -0.1) is 0 Å². The number of piperazine rings is 1. The van der Waals surface area contributed by atoms with Crippen LogP contribution >= 0.6 is 0 Å². The molecule has 138 valence electrons. The number of aryl methyl sites for hydroxylation is 1. The number of amides is 1. The predicted octanol–water partition coefficient (Wildman–Crippen LogP) is 0.244. The number of rotatable bonds is 4. The lowest BCUT2D eigenvalue weighted by molar-refractivity contribution is 0.00299. The molecule has 3 heterocycles. The summed E-state index contributed by atoms with van der Waals surface area (Å²) in [6.45, 7) is 10.3. The lowest BCUT2D eigenvalue weighted by Crippen LogP contribution is -2.64. The largest absolute Gasteiger partial charge is 0.496 e. The van der Waals surface area contributed by atoms with Gasteiger partial charge in [0.1, 0.15) is 5.75 Å². The van der Waals surface area contributed by atoms with Crippen molar-refractivity contribution in [3.05, 3.63) is 28.2 Å². The predicted molar refractivity (Wildman–Crippen MR) is 96.2 cm³/mol. The number of methoxy groups -OCH3 is 1. The number of ether oxygens (including phenoxy) is 1. The molecule has 1 aromatic rings. The van der Waals surface area contributed by atoms with Gasteiger partial charge < -0.3 is 14.2 Å². The van der Waals surface area contributed by atoms with E-state index in [2.05, 4.69) is 23.6 Å². The highest BCUT2D eigenvalue weighted by Crippen LogP contribution is 2.23. The number of likely N-dealkylation sites (tertiary alicyclic amines) is 1. The van der Waals surface area contributed by atoms with Crippen LogP contribution in [0.1, 0.15) is 24.2 Å². The minimum Gasteiger partial charge on any atom is -0.496 e. The lowest BCUT2D eigenvalue weighted by Gasteiger charge is -2.48. The van der Waals surface area contributed by atoms with Crippen molar-refractivity contribution in [2.75, 3.05) is 46.4 Å². The third-order valence-corrected chi connectivity index (χ3v) is 5.39. The highest BCUT2D eigenvalue weighted by molar-refractivity contribution is 5.97. The zero-order chi connectivity index (χ0) is 18.1. The molecule has 1 amide bonds. The van der Waals surface area contributed by atoms with E-state index in [1.54, 1.807) is 13.2 Å². The van der Waals surface area contributed by atoms with Crippen molar-refractivity contribution >= 4 is 5.91 Å². The van der Waals surface area contributed by atoms with Crippen molar-refractivity contribution in [3.63, 3.8) is 0 Å². The van der Waals surface area contributed by atoms with Crippen LogP contribution in [-0.4, -0.2) is 83.6 Å². The van der Waals surface area contributed by atoms with Gasteiger partial charge in [0.05, 0.1) is 12.7 Å². The maximum atomic E-state index is 12.7. The molecular weight excluding hydrogens is 320 g/mol. The Bertz CT molecular complexity index is 686. The average molecular weight is 348 g/mol. The van der Waals surface area contributed by atoms with Crippen LogP contribution in [0.2, 0.25) is 0 Å². The average Bonchev–Trinajstić information content (AvgIpc) is 2.55. The van der Waals surface area contributed by atoms with E-state index < -0.39 is 0 Å². The van der Waals surface area contributed by atoms with Gasteiger partial charge >= 0.3 is 0 Å². The number of carbonyl (C=O) groups excluding carboxylic acids is 1. The summed E-state index contributed by atoms with van der Waals surface area (Å²) in [5, 5.41) is 0. The topological polar surface area (TPSA) is 58.0 Å². The van der Waals surface area contributed by atoms with Crippen LogP contribution in [0, 0.1) is 0 Å². The molecule has 0 bridgehead atoms.